The van der Waals surface area contributed by atoms with Gasteiger partial charge in [0.15, 0.2) is 0 Å². The Morgan fingerprint density at radius 3 is 2.47 bits per heavy atom. The molecule has 0 aromatic heterocycles. The van der Waals surface area contributed by atoms with Crippen LogP contribution in [-0.4, -0.2) is 38.8 Å². The van der Waals surface area contributed by atoms with Gasteiger partial charge in [-0.15, -0.1) is 0 Å². The summed E-state index contributed by atoms with van der Waals surface area (Å²) >= 11 is 0. The molecule has 106 valence electrons. The van der Waals surface area contributed by atoms with Crippen molar-refractivity contribution in [2.75, 3.05) is 32.1 Å². The fraction of sp³-hybridized carbons (Fsp3) is 0.500. The van der Waals surface area contributed by atoms with Crippen LogP contribution in [0.5, 0.6) is 0 Å². The average Bonchev–Trinajstić information content (AvgIpc) is 2.39. The summed E-state index contributed by atoms with van der Waals surface area (Å²) in [6, 6.07) is 6.15. The summed E-state index contributed by atoms with van der Waals surface area (Å²) in [6.07, 6.45) is 0. The van der Waals surface area contributed by atoms with E-state index < -0.39 is 5.54 Å². The number of halogens is 1. The number of nitrogens with zero attached hydrogens (tertiary/aromatic N) is 1. The van der Waals surface area contributed by atoms with E-state index in [1.165, 1.54) is 12.1 Å². The van der Waals surface area contributed by atoms with Gasteiger partial charge >= 0.3 is 5.97 Å². The molecule has 1 aromatic rings. The van der Waals surface area contributed by atoms with Gasteiger partial charge in [0.1, 0.15) is 11.4 Å². The number of ether oxygens (including phenoxy) is 1. The topological polar surface area (TPSA) is 41.6 Å². The van der Waals surface area contributed by atoms with Gasteiger partial charge in [-0.05, 0) is 45.2 Å². The summed E-state index contributed by atoms with van der Waals surface area (Å²) in [5.74, 6) is -0.578. The minimum absolute atomic E-state index is 0.279. The number of carbonyl (C=O) groups excluding carboxylic acids is 1. The first-order valence-electron chi connectivity index (χ1n) is 6.25. The molecule has 0 aliphatic rings. The first-order chi connectivity index (χ1) is 8.92. The van der Waals surface area contributed by atoms with Crippen LogP contribution in [0.1, 0.15) is 13.8 Å². The lowest BCUT2D eigenvalue weighted by atomic mass is 10.0. The van der Waals surface area contributed by atoms with Crippen molar-refractivity contribution in [2.24, 2.45) is 0 Å². The van der Waals surface area contributed by atoms with Crippen molar-refractivity contribution in [1.82, 2.24) is 5.32 Å². The van der Waals surface area contributed by atoms with Crippen molar-refractivity contribution in [3.05, 3.63) is 30.1 Å². The fourth-order valence-corrected chi connectivity index (χ4v) is 1.80. The first-order valence-corrected chi connectivity index (χ1v) is 6.25. The van der Waals surface area contributed by atoms with Gasteiger partial charge < -0.3 is 15.0 Å². The van der Waals surface area contributed by atoms with Crippen molar-refractivity contribution < 1.29 is 13.9 Å². The molecule has 4 nitrogen and oxygen atoms in total. The Labute approximate surface area is 113 Å². The maximum absolute atomic E-state index is 12.9. The molecule has 0 amide bonds. The summed E-state index contributed by atoms with van der Waals surface area (Å²) < 4.78 is 17.9. The SMILES string of the molecule is CCOC(=O)C(C)(CN(C)c1ccc(F)cc1)NC. The van der Waals surface area contributed by atoms with Gasteiger partial charge in [0, 0.05) is 19.3 Å². The number of anilines is 1. The van der Waals surface area contributed by atoms with Gasteiger partial charge in [-0.25, -0.2) is 9.18 Å². The van der Waals surface area contributed by atoms with Crippen LogP contribution in [0.15, 0.2) is 24.3 Å². The number of hydrogen-bond donors (Lipinski definition) is 1. The van der Waals surface area contributed by atoms with Crippen LogP contribution >= 0.6 is 0 Å². The Bertz CT molecular complexity index is 422. The molecule has 19 heavy (non-hydrogen) atoms. The normalized spacial score (nSPS) is 13.7. The highest BCUT2D eigenvalue weighted by atomic mass is 19.1. The summed E-state index contributed by atoms with van der Waals surface area (Å²) in [5.41, 5.74) is 0.0336. The monoisotopic (exact) mass is 268 g/mol. The van der Waals surface area contributed by atoms with Crippen LogP contribution in [0.25, 0.3) is 0 Å². The zero-order valence-electron chi connectivity index (χ0n) is 11.9. The van der Waals surface area contributed by atoms with Gasteiger partial charge in [-0.1, -0.05) is 0 Å². The van der Waals surface area contributed by atoms with E-state index in [2.05, 4.69) is 5.32 Å². The molecule has 1 atom stereocenters. The van der Waals surface area contributed by atoms with Crippen LogP contribution in [0.2, 0.25) is 0 Å². The van der Waals surface area contributed by atoms with Crippen molar-refractivity contribution in [3.8, 4) is 0 Å². The van der Waals surface area contributed by atoms with Crippen molar-refractivity contribution >= 4 is 11.7 Å². The third kappa shape index (κ3) is 3.92. The molecule has 0 saturated carbocycles. The number of nitrogens with one attached hydrogen (secondary N) is 1. The number of likely N-dealkylation sites (N-methyl/N-ethyl adjacent to an activating group) is 2. The first kappa shape index (κ1) is 15.4. The van der Waals surface area contributed by atoms with E-state index in [0.29, 0.717) is 13.2 Å². The molecular weight excluding hydrogens is 247 g/mol. The maximum atomic E-state index is 12.9. The minimum Gasteiger partial charge on any atom is -0.465 e. The van der Waals surface area contributed by atoms with E-state index in [1.54, 1.807) is 33.0 Å². The molecule has 1 rings (SSSR count). The molecule has 0 aliphatic carbocycles. The maximum Gasteiger partial charge on any atom is 0.327 e. The molecular formula is C14H21FN2O2. The van der Waals surface area contributed by atoms with E-state index >= 15 is 0 Å². The predicted molar refractivity (Wildman–Crippen MR) is 73.8 cm³/mol. The van der Waals surface area contributed by atoms with Gasteiger partial charge in [0.25, 0.3) is 0 Å². The van der Waals surface area contributed by atoms with E-state index in [9.17, 15) is 9.18 Å². The summed E-state index contributed by atoms with van der Waals surface area (Å²) in [5, 5.41) is 2.98. The third-order valence-corrected chi connectivity index (χ3v) is 3.10. The fourth-order valence-electron chi connectivity index (χ4n) is 1.80. The minimum atomic E-state index is -0.806. The van der Waals surface area contributed by atoms with Gasteiger partial charge in [-0.3, -0.25) is 0 Å². The van der Waals surface area contributed by atoms with Gasteiger partial charge in [-0.2, -0.15) is 0 Å². The van der Waals surface area contributed by atoms with Crippen LogP contribution < -0.4 is 10.2 Å². The number of esters is 1. The molecule has 5 heteroatoms. The second-order valence-electron chi connectivity index (χ2n) is 4.64. The number of hydrogen-bond acceptors (Lipinski definition) is 4. The van der Waals surface area contributed by atoms with E-state index in [4.69, 9.17) is 4.74 Å². The predicted octanol–water partition coefficient (Wildman–Crippen LogP) is 1.80. The second-order valence-corrected chi connectivity index (χ2v) is 4.64. The molecule has 0 bridgehead atoms. The molecule has 1 N–H and O–H groups in total. The standard InChI is InChI=1S/C14H21FN2O2/c1-5-19-13(18)14(2,16-3)10-17(4)12-8-6-11(15)7-9-12/h6-9,16H,5,10H2,1-4H3. The molecule has 0 fully saturated rings. The lowest BCUT2D eigenvalue weighted by Gasteiger charge is -2.32. The number of carbonyl (C=O) groups is 1. The Kier molecular flexibility index (Phi) is 5.30. The van der Waals surface area contributed by atoms with Gasteiger partial charge in [0.2, 0.25) is 0 Å². The average molecular weight is 268 g/mol. The number of rotatable bonds is 6. The highest BCUT2D eigenvalue weighted by Crippen LogP contribution is 2.17. The van der Waals surface area contributed by atoms with E-state index in [1.807, 2.05) is 11.9 Å². The van der Waals surface area contributed by atoms with Crippen LogP contribution in [0.4, 0.5) is 10.1 Å². The Balaban J connectivity index is 2.80. The number of benzene rings is 1. The summed E-state index contributed by atoms with van der Waals surface area (Å²) in [6.45, 7) is 4.33. The largest absolute Gasteiger partial charge is 0.465 e. The molecule has 0 radical (unpaired) electrons. The highest BCUT2D eigenvalue weighted by molar-refractivity contribution is 5.81. The van der Waals surface area contributed by atoms with E-state index in [0.717, 1.165) is 5.69 Å². The van der Waals surface area contributed by atoms with Crippen molar-refractivity contribution in [3.63, 3.8) is 0 Å². The third-order valence-electron chi connectivity index (χ3n) is 3.10. The zero-order valence-corrected chi connectivity index (χ0v) is 11.9. The Morgan fingerprint density at radius 1 is 1.42 bits per heavy atom. The Morgan fingerprint density at radius 2 is 2.00 bits per heavy atom. The lowest BCUT2D eigenvalue weighted by Crippen LogP contribution is -2.55. The molecule has 0 aliphatic heterocycles. The smallest absolute Gasteiger partial charge is 0.327 e. The lowest BCUT2D eigenvalue weighted by molar-refractivity contribution is -0.149. The van der Waals surface area contributed by atoms with Crippen molar-refractivity contribution in [2.45, 2.75) is 19.4 Å². The van der Waals surface area contributed by atoms with Crippen LogP contribution in [-0.2, 0) is 9.53 Å². The van der Waals surface area contributed by atoms with Crippen LogP contribution in [0, 0.1) is 5.82 Å². The Hall–Kier alpha value is -1.62. The molecule has 0 spiro atoms. The highest BCUT2D eigenvalue weighted by Gasteiger charge is 2.34. The van der Waals surface area contributed by atoms with Crippen molar-refractivity contribution in [1.29, 1.82) is 0 Å². The second kappa shape index (κ2) is 6.52. The zero-order chi connectivity index (χ0) is 14.5. The van der Waals surface area contributed by atoms with Crippen LogP contribution in [0.3, 0.4) is 0 Å². The summed E-state index contributed by atoms with van der Waals surface area (Å²) in [4.78, 5) is 13.8. The molecule has 0 saturated heterocycles. The molecule has 1 unspecified atom stereocenters. The van der Waals surface area contributed by atoms with Gasteiger partial charge in [0.05, 0.1) is 6.61 Å². The quantitative estimate of drug-likeness (QED) is 0.799. The van der Waals surface area contributed by atoms with E-state index in [-0.39, 0.29) is 11.8 Å². The summed E-state index contributed by atoms with van der Waals surface area (Å²) in [7, 11) is 3.57. The molecule has 0 heterocycles. The molecule has 1 aromatic carbocycles.